The zero-order chi connectivity index (χ0) is 15.2. The average molecular weight is 414 g/mol. The molecule has 0 aliphatic carbocycles. The van der Waals surface area contributed by atoms with Crippen molar-refractivity contribution in [1.82, 2.24) is 0 Å². The predicted octanol–water partition coefficient (Wildman–Crippen LogP) is 5.79. The molecule has 0 amide bonds. The molecule has 1 nitrogen and oxygen atoms in total. The number of halogens is 3. The molecular formula is C17H15Br2FO. The van der Waals surface area contributed by atoms with E-state index in [-0.39, 0.29) is 16.2 Å². The van der Waals surface area contributed by atoms with Crippen LogP contribution in [0.1, 0.15) is 35.4 Å². The highest BCUT2D eigenvalue weighted by atomic mass is 79.9. The summed E-state index contributed by atoms with van der Waals surface area (Å²) in [5, 5.41) is 0. The second-order valence-electron chi connectivity index (χ2n) is 5.93. The van der Waals surface area contributed by atoms with Crippen LogP contribution in [0.2, 0.25) is 0 Å². The van der Waals surface area contributed by atoms with E-state index in [1.165, 1.54) is 11.6 Å². The van der Waals surface area contributed by atoms with E-state index in [2.05, 4.69) is 51.8 Å². The molecular weight excluding hydrogens is 399 g/mol. The molecule has 110 valence electrons. The number of fused-ring (bicyclic) bond motifs is 1. The van der Waals surface area contributed by atoms with Crippen LogP contribution in [0.15, 0.2) is 40.9 Å². The highest BCUT2D eigenvalue weighted by Gasteiger charge is 2.30. The van der Waals surface area contributed by atoms with Crippen LogP contribution in [0.25, 0.3) is 0 Å². The van der Waals surface area contributed by atoms with E-state index in [1.807, 2.05) is 18.2 Å². The van der Waals surface area contributed by atoms with E-state index >= 15 is 0 Å². The van der Waals surface area contributed by atoms with Gasteiger partial charge >= 0.3 is 0 Å². The maximum Gasteiger partial charge on any atom is 0.127 e. The van der Waals surface area contributed by atoms with Crippen LogP contribution >= 0.6 is 31.9 Å². The fourth-order valence-electron chi connectivity index (χ4n) is 2.68. The van der Waals surface area contributed by atoms with Gasteiger partial charge in [-0.3, -0.25) is 0 Å². The first-order valence-electron chi connectivity index (χ1n) is 6.76. The van der Waals surface area contributed by atoms with Crippen LogP contribution in [-0.2, 0) is 6.42 Å². The van der Waals surface area contributed by atoms with Gasteiger partial charge in [0.25, 0.3) is 0 Å². The molecule has 1 aliphatic rings. The highest BCUT2D eigenvalue weighted by Crippen LogP contribution is 2.40. The number of hydrogen-bond acceptors (Lipinski definition) is 1. The molecule has 0 aromatic heterocycles. The predicted molar refractivity (Wildman–Crippen MR) is 89.7 cm³/mol. The standard InChI is InChI=1S/C17H15Br2FO/c1-17(2)9-11-7-10(3-6-15(11)21-17)16(19)13-8-12(18)4-5-14(13)20/h3-8,16H,9H2,1-2H3. The minimum Gasteiger partial charge on any atom is -0.487 e. The van der Waals surface area contributed by atoms with Gasteiger partial charge in [0.2, 0.25) is 0 Å². The van der Waals surface area contributed by atoms with Gasteiger partial charge in [-0.2, -0.15) is 0 Å². The first-order chi connectivity index (χ1) is 9.85. The Morgan fingerprint density at radius 2 is 1.95 bits per heavy atom. The van der Waals surface area contributed by atoms with E-state index in [1.54, 1.807) is 6.07 Å². The van der Waals surface area contributed by atoms with Crippen LogP contribution < -0.4 is 4.74 Å². The quantitative estimate of drug-likeness (QED) is 0.566. The van der Waals surface area contributed by atoms with Crippen molar-refractivity contribution < 1.29 is 9.13 Å². The Kier molecular flexibility index (Phi) is 3.87. The van der Waals surface area contributed by atoms with Gasteiger partial charge in [0.1, 0.15) is 17.2 Å². The number of ether oxygens (including phenoxy) is 1. The first-order valence-corrected chi connectivity index (χ1v) is 8.47. The third-order valence-corrected chi connectivity index (χ3v) is 5.13. The van der Waals surface area contributed by atoms with Crippen molar-refractivity contribution in [3.63, 3.8) is 0 Å². The third-order valence-electron chi connectivity index (χ3n) is 3.61. The SMILES string of the molecule is CC1(C)Cc2cc(C(Br)c3cc(Br)ccc3F)ccc2O1. The summed E-state index contributed by atoms with van der Waals surface area (Å²) in [6, 6.07) is 11.1. The first kappa shape index (κ1) is 15.0. The van der Waals surface area contributed by atoms with Crippen molar-refractivity contribution in [2.24, 2.45) is 0 Å². The zero-order valence-electron chi connectivity index (χ0n) is 11.8. The summed E-state index contributed by atoms with van der Waals surface area (Å²) in [6.45, 7) is 4.15. The highest BCUT2D eigenvalue weighted by molar-refractivity contribution is 9.10. The van der Waals surface area contributed by atoms with Gasteiger partial charge < -0.3 is 4.74 Å². The summed E-state index contributed by atoms with van der Waals surface area (Å²) in [6.07, 6.45) is 0.872. The Balaban J connectivity index is 1.97. The summed E-state index contributed by atoms with van der Waals surface area (Å²) in [5.41, 5.74) is 2.68. The molecule has 1 atom stereocenters. The van der Waals surface area contributed by atoms with E-state index in [0.29, 0.717) is 5.56 Å². The number of alkyl halides is 1. The summed E-state index contributed by atoms with van der Waals surface area (Å²) < 4.78 is 20.8. The Hall–Kier alpha value is -0.870. The summed E-state index contributed by atoms with van der Waals surface area (Å²) in [4.78, 5) is -0.177. The van der Waals surface area contributed by atoms with Gasteiger partial charge in [-0.25, -0.2) is 4.39 Å². The molecule has 0 N–H and O–H groups in total. The monoisotopic (exact) mass is 412 g/mol. The van der Waals surface area contributed by atoms with Gasteiger partial charge in [0, 0.05) is 16.5 Å². The molecule has 0 spiro atoms. The Labute approximate surface area is 140 Å². The Morgan fingerprint density at radius 3 is 2.71 bits per heavy atom. The molecule has 2 aromatic carbocycles. The minimum absolute atomic E-state index is 0.163. The normalized spacial score (nSPS) is 17.2. The van der Waals surface area contributed by atoms with E-state index < -0.39 is 0 Å². The van der Waals surface area contributed by atoms with Gasteiger partial charge in [0.15, 0.2) is 0 Å². The molecule has 1 heterocycles. The van der Waals surface area contributed by atoms with Gasteiger partial charge in [-0.05, 0) is 49.2 Å². The molecule has 0 saturated heterocycles. The molecule has 0 saturated carbocycles. The number of hydrogen-bond donors (Lipinski definition) is 0. The zero-order valence-corrected chi connectivity index (χ0v) is 15.0. The van der Waals surface area contributed by atoms with E-state index in [4.69, 9.17) is 4.74 Å². The second-order valence-corrected chi connectivity index (χ2v) is 7.77. The van der Waals surface area contributed by atoms with E-state index in [0.717, 1.165) is 22.2 Å². The molecule has 0 fully saturated rings. The third kappa shape index (κ3) is 3.02. The molecule has 1 aliphatic heterocycles. The number of rotatable bonds is 2. The molecule has 4 heteroatoms. The van der Waals surface area contributed by atoms with Gasteiger partial charge in [-0.1, -0.05) is 44.0 Å². The van der Waals surface area contributed by atoms with Crippen molar-refractivity contribution in [3.8, 4) is 5.75 Å². The average Bonchev–Trinajstić information content (AvgIpc) is 2.73. The fourth-order valence-corrected chi connectivity index (χ4v) is 3.69. The van der Waals surface area contributed by atoms with Gasteiger partial charge in [-0.15, -0.1) is 0 Å². The maximum absolute atomic E-state index is 14.0. The summed E-state index contributed by atoms with van der Waals surface area (Å²) >= 11 is 7.01. The summed E-state index contributed by atoms with van der Waals surface area (Å²) in [5.74, 6) is 0.718. The lowest BCUT2D eigenvalue weighted by Crippen LogP contribution is -2.24. The molecule has 1 unspecified atom stereocenters. The van der Waals surface area contributed by atoms with Crippen LogP contribution in [0.5, 0.6) is 5.75 Å². The van der Waals surface area contributed by atoms with Crippen molar-refractivity contribution in [2.75, 3.05) is 0 Å². The van der Waals surface area contributed by atoms with E-state index in [9.17, 15) is 4.39 Å². The lowest BCUT2D eigenvalue weighted by atomic mass is 9.97. The summed E-state index contributed by atoms with van der Waals surface area (Å²) in [7, 11) is 0. The fraction of sp³-hybridized carbons (Fsp3) is 0.294. The number of benzene rings is 2. The molecule has 2 aromatic rings. The largest absolute Gasteiger partial charge is 0.487 e. The minimum atomic E-state index is -0.211. The topological polar surface area (TPSA) is 9.23 Å². The lowest BCUT2D eigenvalue weighted by molar-refractivity contribution is 0.138. The Morgan fingerprint density at radius 1 is 1.19 bits per heavy atom. The molecule has 0 radical (unpaired) electrons. The second kappa shape index (κ2) is 5.40. The van der Waals surface area contributed by atoms with Crippen LogP contribution in [0.3, 0.4) is 0 Å². The van der Waals surface area contributed by atoms with Crippen molar-refractivity contribution in [1.29, 1.82) is 0 Å². The molecule has 3 rings (SSSR count). The van der Waals surface area contributed by atoms with Crippen LogP contribution in [0.4, 0.5) is 4.39 Å². The van der Waals surface area contributed by atoms with Crippen molar-refractivity contribution >= 4 is 31.9 Å². The van der Waals surface area contributed by atoms with Crippen LogP contribution in [-0.4, -0.2) is 5.60 Å². The maximum atomic E-state index is 14.0. The van der Waals surface area contributed by atoms with Crippen LogP contribution in [0, 0.1) is 5.82 Å². The van der Waals surface area contributed by atoms with Gasteiger partial charge in [0.05, 0.1) is 4.83 Å². The Bertz CT molecular complexity index is 697. The van der Waals surface area contributed by atoms with Crippen molar-refractivity contribution in [3.05, 3.63) is 63.4 Å². The smallest absolute Gasteiger partial charge is 0.127 e. The molecule has 21 heavy (non-hydrogen) atoms. The molecule has 0 bridgehead atoms. The van der Waals surface area contributed by atoms with Crippen molar-refractivity contribution in [2.45, 2.75) is 30.7 Å². The lowest BCUT2D eigenvalue weighted by Gasteiger charge is -2.16.